The molecule has 4 rings (SSSR count). The quantitative estimate of drug-likeness (QED) is 0.175. The van der Waals surface area contributed by atoms with Crippen molar-refractivity contribution in [3.05, 3.63) is 82.5 Å². The van der Waals surface area contributed by atoms with E-state index in [4.69, 9.17) is 0 Å². The molecule has 0 bridgehead atoms. The molecule has 6 N–H and O–H groups in total. The van der Waals surface area contributed by atoms with Crippen LogP contribution in [0.25, 0.3) is 10.9 Å². The van der Waals surface area contributed by atoms with E-state index in [1.165, 1.54) is 13.0 Å². The normalized spacial score (nSPS) is 12.9. The first-order valence-electron chi connectivity index (χ1n) is 12.2. The van der Waals surface area contributed by atoms with Gasteiger partial charge in [-0.25, -0.2) is 8.78 Å². The van der Waals surface area contributed by atoms with Gasteiger partial charge in [-0.3, -0.25) is 19.4 Å². The Morgan fingerprint density at radius 2 is 1.64 bits per heavy atom. The number of hydrogen-bond donors (Lipinski definition) is 6. The van der Waals surface area contributed by atoms with E-state index in [0.717, 1.165) is 6.07 Å². The van der Waals surface area contributed by atoms with Gasteiger partial charge in [-0.1, -0.05) is 44.2 Å². The molecule has 0 fully saturated rings. The number of aromatic nitrogens is 2. The topological polar surface area (TPSA) is 147 Å². The molecule has 2 aromatic carbocycles. The van der Waals surface area contributed by atoms with Gasteiger partial charge in [0.15, 0.2) is 11.7 Å². The lowest BCUT2D eigenvalue weighted by atomic mass is 9.93. The number of hydrogen-bond acceptors (Lipinski definition) is 5. The zero-order chi connectivity index (χ0) is 28.4. The molecule has 0 spiro atoms. The van der Waals surface area contributed by atoms with E-state index in [1.807, 2.05) is 0 Å². The second kappa shape index (κ2) is 11.0. The molecule has 2 aromatic heterocycles. The van der Waals surface area contributed by atoms with Gasteiger partial charge in [0.2, 0.25) is 11.8 Å². The average Bonchev–Trinajstić information content (AvgIpc) is 3.42. The number of rotatable bonds is 9. The number of nitrogens with one attached hydrogen (secondary N) is 4. The van der Waals surface area contributed by atoms with E-state index >= 15 is 0 Å². The first kappa shape index (κ1) is 27.4. The van der Waals surface area contributed by atoms with Gasteiger partial charge in [-0.15, -0.1) is 0 Å². The molecular weight excluding hydrogens is 510 g/mol. The van der Waals surface area contributed by atoms with Crippen molar-refractivity contribution < 1.29 is 33.4 Å². The van der Waals surface area contributed by atoms with E-state index in [1.54, 1.807) is 44.2 Å². The summed E-state index contributed by atoms with van der Waals surface area (Å²) in [6, 6.07) is 9.92. The summed E-state index contributed by atoms with van der Waals surface area (Å²) in [4.78, 5) is 44.4. The lowest BCUT2D eigenvalue weighted by Gasteiger charge is -2.24. The summed E-state index contributed by atoms with van der Waals surface area (Å²) in [5, 5.41) is 25.5. The molecule has 9 nitrogen and oxygen atoms in total. The highest BCUT2D eigenvalue weighted by atomic mass is 19.1. The van der Waals surface area contributed by atoms with Crippen LogP contribution in [-0.2, 0) is 4.79 Å². The van der Waals surface area contributed by atoms with E-state index < -0.39 is 47.2 Å². The maximum atomic E-state index is 14.1. The molecule has 39 heavy (non-hydrogen) atoms. The van der Waals surface area contributed by atoms with Crippen molar-refractivity contribution in [2.24, 2.45) is 5.92 Å². The Labute approximate surface area is 222 Å². The number of halogens is 2. The van der Waals surface area contributed by atoms with Gasteiger partial charge in [0.05, 0.1) is 29.6 Å². The first-order valence-corrected chi connectivity index (χ1v) is 12.2. The summed E-state index contributed by atoms with van der Waals surface area (Å²) < 4.78 is 27.7. The van der Waals surface area contributed by atoms with Gasteiger partial charge in [-0.05, 0) is 30.5 Å². The van der Waals surface area contributed by atoms with Gasteiger partial charge in [0.25, 0.3) is 5.91 Å². The summed E-state index contributed by atoms with van der Waals surface area (Å²) in [5.41, 5.74) is 0.585. The van der Waals surface area contributed by atoms with Crippen molar-refractivity contribution in [2.75, 3.05) is 0 Å². The number of aromatic amines is 2. The number of aromatic hydroxyl groups is 2. The van der Waals surface area contributed by atoms with Crippen LogP contribution in [0.4, 0.5) is 8.78 Å². The van der Waals surface area contributed by atoms with Crippen LogP contribution in [-0.4, -0.2) is 43.8 Å². The number of carbonyl (C=O) groups excluding carboxylic acids is 3. The van der Waals surface area contributed by atoms with Crippen LogP contribution < -0.4 is 10.6 Å². The summed E-state index contributed by atoms with van der Waals surface area (Å²) >= 11 is 0. The van der Waals surface area contributed by atoms with Crippen LogP contribution in [0.5, 0.6) is 11.8 Å². The van der Waals surface area contributed by atoms with Crippen molar-refractivity contribution in [1.29, 1.82) is 0 Å². The number of fused-ring (bicyclic) bond motifs is 1. The predicted octanol–water partition coefficient (Wildman–Crippen LogP) is 4.38. The highest BCUT2D eigenvalue weighted by Crippen LogP contribution is 2.30. The number of H-pyrrole nitrogens is 2. The van der Waals surface area contributed by atoms with Crippen LogP contribution in [0.2, 0.25) is 0 Å². The van der Waals surface area contributed by atoms with E-state index in [-0.39, 0.29) is 45.9 Å². The fraction of sp³-hybridized carbons (Fsp3) is 0.250. The molecule has 0 aliphatic rings. The minimum atomic E-state index is -1.03. The second-order valence-corrected chi connectivity index (χ2v) is 9.65. The summed E-state index contributed by atoms with van der Waals surface area (Å²) in [6.45, 7) is 4.90. The average molecular weight is 539 g/mol. The molecule has 2 amide bonds. The zero-order valence-electron chi connectivity index (χ0n) is 21.4. The number of carbonyl (C=O) groups is 3. The van der Waals surface area contributed by atoms with E-state index in [0.29, 0.717) is 11.6 Å². The molecular formula is C28H28F2N4O5. The van der Waals surface area contributed by atoms with E-state index in [2.05, 4.69) is 20.6 Å². The van der Waals surface area contributed by atoms with Gasteiger partial charge < -0.3 is 25.8 Å². The van der Waals surface area contributed by atoms with Crippen LogP contribution >= 0.6 is 0 Å². The van der Waals surface area contributed by atoms with Gasteiger partial charge >= 0.3 is 0 Å². The standard InChI is InChI=1S/C28H28F2N4O5/c1-13(2)23(25(36)22-14(3)26(37)34-28(22)39)33-21(35)12-19(15-7-5-4-6-8-15)32-27(38)20-10-16-9-17(29)11-18(30)24(16)31-20/h4-11,13,19,23,31,34,37,39H,12H2,1-3H3,(H,32,38)(H,33,35)/t19-,23-/m0/s1. The molecule has 0 aliphatic carbocycles. The second-order valence-electron chi connectivity index (χ2n) is 9.65. The SMILES string of the molecule is Cc1c(O)[nH]c(O)c1C(=O)[C@@H](NC(=O)C[C@H](NC(=O)c1cc2cc(F)cc(F)c2[nH]1)c1ccccc1)C(C)C. The molecule has 0 aliphatic heterocycles. The minimum Gasteiger partial charge on any atom is -0.494 e. The number of amides is 2. The van der Waals surface area contributed by atoms with Crippen LogP contribution in [0, 0.1) is 24.5 Å². The molecule has 0 radical (unpaired) electrons. The third-order valence-corrected chi connectivity index (χ3v) is 6.50. The van der Waals surface area contributed by atoms with Crippen LogP contribution in [0.3, 0.4) is 0 Å². The molecule has 0 saturated heterocycles. The molecule has 4 aromatic rings. The third kappa shape index (κ3) is 5.77. The monoisotopic (exact) mass is 538 g/mol. The Balaban J connectivity index is 1.55. The lowest BCUT2D eigenvalue weighted by Crippen LogP contribution is -2.45. The first-order chi connectivity index (χ1) is 18.5. The number of Topliss-reactive ketones (excluding diaryl/α,β-unsaturated/α-hetero) is 1. The largest absolute Gasteiger partial charge is 0.494 e. The summed E-state index contributed by atoms with van der Waals surface area (Å²) in [6.07, 6.45) is -0.251. The zero-order valence-corrected chi connectivity index (χ0v) is 21.4. The maximum Gasteiger partial charge on any atom is 0.268 e. The minimum absolute atomic E-state index is 0.0238. The Bertz CT molecular complexity index is 1540. The van der Waals surface area contributed by atoms with Crippen molar-refractivity contribution in [3.63, 3.8) is 0 Å². The van der Waals surface area contributed by atoms with Crippen molar-refractivity contribution in [2.45, 2.75) is 39.3 Å². The lowest BCUT2D eigenvalue weighted by molar-refractivity contribution is -0.122. The van der Waals surface area contributed by atoms with Crippen LogP contribution in [0.15, 0.2) is 48.5 Å². The number of benzene rings is 2. The van der Waals surface area contributed by atoms with Gasteiger partial charge in [-0.2, -0.15) is 0 Å². The highest BCUT2D eigenvalue weighted by molar-refractivity contribution is 6.05. The fourth-order valence-electron chi connectivity index (χ4n) is 4.44. The van der Waals surface area contributed by atoms with Gasteiger partial charge in [0, 0.05) is 17.0 Å². The number of ketones is 1. The van der Waals surface area contributed by atoms with Crippen molar-refractivity contribution in [3.8, 4) is 11.8 Å². The highest BCUT2D eigenvalue weighted by Gasteiger charge is 2.31. The van der Waals surface area contributed by atoms with Crippen molar-refractivity contribution >= 4 is 28.5 Å². The molecule has 2 atom stereocenters. The molecule has 204 valence electrons. The molecule has 11 heteroatoms. The molecule has 0 unspecified atom stereocenters. The summed E-state index contributed by atoms with van der Waals surface area (Å²) in [7, 11) is 0. The predicted molar refractivity (Wildman–Crippen MR) is 139 cm³/mol. The Morgan fingerprint density at radius 3 is 2.26 bits per heavy atom. The maximum absolute atomic E-state index is 14.1. The molecule has 0 saturated carbocycles. The van der Waals surface area contributed by atoms with E-state index in [9.17, 15) is 33.4 Å². The molecule has 2 heterocycles. The van der Waals surface area contributed by atoms with Crippen LogP contribution in [0.1, 0.15) is 58.3 Å². The van der Waals surface area contributed by atoms with Gasteiger partial charge in [0.1, 0.15) is 17.3 Å². The third-order valence-electron chi connectivity index (χ3n) is 6.50. The van der Waals surface area contributed by atoms with Crippen molar-refractivity contribution in [1.82, 2.24) is 20.6 Å². The Kier molecular flexibility index (Phi) is 7.70. The smallest absolute Gasteiger partial charge is 0.268 e. The fourth-order valence-corrected chi connectivity index (χ4v) is 4.44. The Morgan fingerprint density at radius 1 is 0.949 bits per heavy atom. The summed E-state index contributed by atoms with van der Waals surface area (Å²) in [5.74, 6) is -4.64. The Hall–Kier alpha value is -4.67.